The second-order valence-electron chi connectivity index (χ2n) is 4.34. The first kappa shape index (κ1) is 15.6. The summed E-state index contributed by atoms with van der Waals surface area (Å²) < 4.78 is 5.61. The van der Waals surface area contributed by atoms with Crippen LogP contribution in [0.2, 0.25) is 10.0 Å². The van der Waals surface area contributed by atoms with Gasteiger partial charge in [-0.05, 0) is 18.2 Å². The lowest BCUT2D eigenvalue weighted by Gasteiger charge is -2.01. The number of nitrogens with one attached hydrogen (secondary N) is 1. The summed E-state index contributed by atoms with van der Waals surface area (Å²) in [7, 11) is 0. The van der Waals surface area contributed by atoms with E-state index in [1.807, 2.05) is 0 Å². The molecule has 1 amide bonds. The summed E-state index contributed by atoms with van der Waals surface area (Å²) in [5.74, 6) is 0.974. The van der Waals surface area contributed by atoms with Crippen LogP contribution in [0.3, 0.4) is 0 Å². The van der Waals surface area contributed by atoms with E-state index in [4.69, 9.17) is 27.6 Å². The van der Waals surface area contributed by atoms with Gasteiger partial charge in [-0.1, -0.05) is 29.3 Å². The molecule has 0 spiro atoms. The molecule has 21 heavy (non-hydrogen) atoms. The van der Waals surface area contributed by atoms with Crippen molar-refractivity contribution in [1.82, 2.24) is 10.3 Å². The number of amides is 1. The highest BCUT2D eigenvalue weighted by Crippen LogP contribution is 2.30. The number of halogens is 2. The smallest absolute Gasteiger partial charge is 0.220 e. The molecule has 0 aliphatic rings. The first-order valence-electron chi connectivity index (χ1n) is 6.38. The van der Waals surface area contributed by atoms with Crippen molar-refractivity contribution in [3.05, 3.63) is 53.0 Å². The molecule has 110 valence electrons. The van der Waals surface area contributed by atoms with E-state index < -0.39 is 0 Å². The summed E-state index contributed by atoms with van der Waals surface area (Å²) >= 11 is 12.0. The molecule has 0 bridgehead atoms. The van der Waals surface area contributed by atoms with Gasteiger partial charge in [-0.25, -0.2) is 4.98 Å². The van der Waals surface area contributed by atoms with E-state index in [0.29, 0.717) is 41.1 Å². The third-order valence-corrected chi connectivity index (χ3v) is 3.31. The van der Waals surface area contributed by atoms with Gasteiger partial charge in [0.05, 0.1) is 11.2 Å². The van der Waals surface area contributed by atoms with Crippen LogP contribution in [0.5, 0.6) is 0 Å². The SMILES string of the molecule is C=CCNC(=O)CCc1ncc(-c2ccc(Cl)cc2Cl)o1. The number of aryl methyl sites for hydroxylation is 1. The maximum atomic E-state index is 11.5. The summed E-state index contributed by atoms with van der Waals surface area (Å²) in [5.41, 5.74) is 0.718. The lowest BCUT2D eigenvalue weighted by Crippen LogP contribution is -2.23. The highest BCUT2D eigenvalue weighted by molar-refractivity contribution is 6.36. The number of oxazole rings is 1. The van der Waals surface area contributed by atoms with Crippen molar-refractivity contribution in [1.29, 1.82) is 0 Å². The Morgan fingerprint density at radius 2 is 2.24 bits per heavy atom. The van der Waals surface area contributed by atoms with Gasteiger partial charge in [0.25, 0.3) is 0 Å². The standard InChI is InChI=1S/C15H14Cl2N2O2/c1-2-7-18-14(20)5-6-15-19-9-13(21-15)11-4-3-10(16)8-12(11)17/h2-4,8-9H,1,5-7H2,(H,18,20). The molecular weight excluding hydrogens is 311 g/mol. The van der Waals surface area contributed by atoms with E-state index in [9.17, 15) is 4.79 Å². The van der Waals surface area contributed by atoms with Crippen molar-refractivity contribution >= 4 is 29.1 Å². The van der Waals surface area contributed by atoms with Crippen LogP contribution >= 0.6 is 23.2 Å². The molecule has 4 nitrogen and oxygen atoms in total. The minimum Gasteiger partial charge on any atom is -0.441 e. The van der Waals surface area contributed by atoms with Crippen LogP contribution in [0.1, 0.15) is 12.3 Å². The van der Waals surface area contributed by atoms with Crippen LogP contribution in [0.4, 0.5) is 0 Å². The second-order valence-corrected chi connectivity index (χ2v) is 5.18. The highest BCUT2D eigenvalue weighted by atomic mass is 35.5. The van der Waals surface area contributed by atoms with Crippen LogP contribution in [0, 0.1) is 0 Å². The molecule has 0 fully saturated rings. The molecule has 0 radical (unpaired) electrons. The number of hydrogen-bond acceptors (Lipinski definition) is 3. The Balaban J connectivity index is 2.01. The average molecular weight is 325 g/mol. The predicted molar refractivity (Wildman–Crippen MR) is 83.5 cm³/mol. The van der Waals surface area contributed by atoms with Gasteiger partial charge < -0.3 is 9.73 Å². The Morgan fingerprint density at radius 1 is 1.43 bits per heavy atom. The molecule has 0 saturated carbocycles. The first-order chi connectivity index (χ1) is 10.1. The maximum Gasteiger partial charge on any atom is 0.220 e. The van der Waals surface area contributed by atoms with Crippen molar-refractivity contribution in [2.24, 2.45) is 0 Å². The number of benzene rings is 1. The van der Waals surface area contributed by atoms with Crippen molar-refractivity contribution < 1.29 is 9.21 Å². The number of nitrogens with zero attached hydrogens (tertiary/aromatic N) is 1. The van der Waals surface area contributed by atoms with E-state index in [0.717, 1.165) is 5.56 Å². The Morgan fingerprint density at radius 3 is 2.95 bits per heavy atom. The van der Waals surface area contributed by atoms with E-state index >= 15 is 0 Å². The molecule has 0 aliphatic carbocycles. The van der Waals surface area contributed by atoms with Gasteiger partial charge in [0.1, 0.15) is 0 Å². The van der Waals surface area contributed by atoms with Crippen molar-refractivity contribution in [3.8, 4) is 11.3 Å². The summed E-state index contributed by atoms with van der Waals surface area (Å²) in [6.07, 6.45) is 3.95. The van der Waals surface area contributed by atoms with Gasteiger partial charge in [0.15, 0.2) is 11.7 Å². The number of carbonyl (C=O) groups excluding carboxylic acids is 1. The number of rotatable bonds is 6. The van der Waals surface area contributed by atoms with E-state index in [-0.39, 0.29) is 5.91 Å². The number of carbonyl (C=O) groups is 1. The number of aromatic nitrogens is 1. The van der Waals surface area contributed by atoms with Crippen LogP contribution in [0.25, 0.3) is 11.3 Å². The van der Waals surface area contributed by atoms with E-state index in [1.54, 1.807) is 30.5 Å². The van der Waals surface area contributed by atoms with Crippen molar-refractivity contribution in [2.45, 2.75) is 12.8 Å². The van der Waals surface area contributed by atoms with Gasteiger partial charge >= 0.3 is 0 Å². The van der Waals surface area contributed by atoms with Gasteiger partial charge in [-0.2, -0.15) is 0 Å². The third-order valence-electron chi connectivity index (χ3n) is 2.76. The summed E-state index contributed by atoms with van der Waals surface area (Å²) in [6.45, 7) is 3.99. The summed E-state index contributed by atoms with van der Waals surface area (Å²) in [4.78, 5) is 15.6. The molecule has 1 aromatic heterocycles. The van der Waals surface area contributed by atoms with Crippen molar-refractivity contribution in [2.75, 3.05) is 6.54 Å². The third kappa shape index (κ3) is 4.34. The van der Waals surface area contributed by atoms with Crippen LogP contribution in [0.15, 0.2) is 41.5 Å². The minimum atomic E-state index is -0.0702. The van der Waals surface area contributed by atoms with E-state index in [2.05, 4.69) is 16.9 Å². The average Bonchev–Trinajstić information content (AvgIpc) is 2.91. The topological polar surface area (TPSA) is 55.1 Å². The van der Waals surface area contributed by atoms with Gasteiger partial charge in [-0.15, -0.1) is 6.58 Å². The highest BCUT2D eigenvalue weighted by Gasteiger charge is 2.11. The Hall–Kier alpha value is -1.78. The van der Waals surface area contributed by atoms with Crippen LogP contribution < -0.4 is 5.32 Å². The second kappa shape index (κ2) is 7.29. The fraction of sp³-hybridized carbons (Fsp3) is 0.200. The minimum absolute atomic E-state index is 0.0702. The predicted octanol–water partition coefficient (Wildman–Crippen LogP) is 3.88. The molecule has 0 atom stereocenters. The largest absolute Gasteiger partial charge is 0.441 e. The Labute approximate surface area is 132 Å². The van der Waals surface area contributed by atoms with E-state index in [1.165, 1.54) is 0 Å². The van der Waals surface area contributed by atoms with Crippen LogP contribution in [-0.2, 0) is 11.2 Å². The zero-order valence-corrected chi connectivity index (χ0v) is 12.7. The lowest BCUT2D eigenvalue weighted by molar-refractivity contribution is -0.120. The van der Waals surface area contributed by atoms with Crippen LogP contribution in [-0.4, -0.2) is 17.4 Å². The molecule has 2 aromatic rings. The lowest BCUT2D eigenvalue weighted by atomic mass is 10.2. The molecule has 0 saturated heterocycles. The molecule has 2 rings (SSSR count). The monoisotopic (exact) mass is 324 g/mol. The molecular formula is C15H14Cl2N2O2. The molecule has 0 aliphatic heterocycles. The molecule has 6 heteroatoms. The maximum absolute atomic E-state index is 11.5. The Kier molecular flexibility index (Phi) is 5.42. The normalized spacial score (nSPS) is 10.4. The first-order valence-corrected chi connectivity index (χ1v) is 7.13. The summed E-state index contributed by atoms with van der Waals surface area (Å²) in [5, 5.41) is 3.75. The van der Waals surface area contributed by atoms with Gasteiger partial charge in [0, 0.05) is 30.0 Å². The fourth-order valence-corrected chi connectivity index (χ4v) is 2.24. The molecule has 1 aromatic carbocycles. The fourth-order valence-electron chi connectivity index (χ4n) is 1.73. The van der Waals surface area contributed by atoms with Gasteiger partial charge in [0.2, 0.25) is 5.91 Å². The Bertz CT molecular complexity index is 653. The molecule has 1 N–H and O–H groups in total. The zero-order valence-electron chi connectivity index (χ0n) is 11.2. The molecule has 0 unspecified atom stereocenters. The quantitative estimate of drug-likeness (QED) is 0.820. The molecule has 1 heterocycles. The van der Waals surface area contributed by atoms with Gasteiger partial charge in [-0.3, -0.25) is 4.79 Å². The summed E-state index contributed by atoms with van der Waals surface area (Å²) in [6, 6.07) is 5.14. The number of hydrogen-bond donors (Lipinski definition) is 1. The van der Waals surface area contributed by atoms with Crippen molar-refractivity contribution in [3.63, 3.8) is 0 Å². The zero-order chi connectivity index (χ0) is 15.2.